The first-order valence-corrected chi connectivity index (χ1v) is 5.99. The summed E-state index contributed by atoms with van der Waals surface area (Å²) in [6, 6.07) is 8.13. The predicted molar refractivity (Wildman–Crippen MR) is 66.8 cm³/mol. The summed E-state index contributed by atoms with van der Waals surface area (Å²) < 4.78 is 13.0. The van der Waals surface area contributed by atoms with Gasteiger partial charge in [-0.2, -0.15) is 5.10 Å². The first kappa shape index (κ1) is 12.1. The molecule has 0 unspecified atom stereocenters. The van der Waals surface area contributed by atoms with Gasteiger partial charge in [-0.05, 0) is 19.9 Å². The van der Waals surface area contributed by atoms with Crippen LogP contribution in [0, 0.1) is 0 Å². The highest BCUT2D eigenvalue weighted by molar-refractivity contribution is 5.78. The van der Waals surface area contributed by atoms with Gasteiger partial charge in [-0.1, -0.05) is 18.2 Å². The van der Waals surface area contributed by atoms with Gasteiger partial charge >= 0.3 is 0 Å². The smallest absolute Gasteiger partial charge is 0.176 e. The molecule has 0 aliphatic carbocycles. The van der Waals surface area contributed by atoms with E-state index in [0.29, 0.717) is 19.8 Å². The van der Waals surface area contributed by atoms with Crippen LogP contribution >= 0.6 is 0 Å². The second kappa shape index (κ2) is 5.80. The number of hydrogen-bond donors (Lipinski definition) is 0. The van der Waals surface area contributed by atoms with E-state index in [0.717, 1.165) is 10.9 Å². The van der Waals surface area contributed by atoms with Crippen LogP contribution in [0.1, 0.15) is 13.8 Å². The lowest BCUT2D eigenvalue weighted by atomic mass is 10.2. The van der Waals surface area contributed by atoms with Crippen LogP contribution in [-0.4, -0.2) is 29.3 Å². The van der Waals surface area contributed by atoms with Gasteiger partial charge in [0.2, 0.25) is 0 Å². The largest absolute Gasteiger partial charge is 0.351 e. The van der Waals surface area contributed by atoms with Gasteiger partial charge in [-0.15, -0.1) is 0 Å². The van der Waals surface area contributed by atoms with E-state index < -0.39 is 0 Å². The maximum Gasteiger partial charge on any atom is 0.176 e. The van der Waals surface area contributed by atoms with Crippen molar-refractivity contribution >= 4 is 10.9 Å². The quantitative estimate of drug-likeness (QED) is 0.720. The molecule has 4 heteroatoms. The number of ether oxygens (including phenoxy) is 2. The Morgan fingerprint density at radius 3 is 2.59 bits per heavy atom. The zero-order chi connectivity index (χ0) is 12.1. The van der Waals surface area contributed by atoms with Crippen molar-refractivity contribution in [3.63, 3.8) is 0 Å². The molecule has 0 amide bonds. The summed E-state index contributed by atoms with van der Waals surface area (Å²) in [5, 5.41) is 5.49. The lowest BCUT2D eigenvalue weighted by molar-refractivity contribution is -0.144. The molecular formula is C13H18N2O2. The maximum atomic E-state index is 5.52. The number of benzene rings is 1. The van der Waals surface area contributed by atoms with Gasteiger partial charge in [0, 0.05) is 18.6 Å². The molecule has 1 aromatic carbocycles. The summed E-state index contributed by atoms with van der Waals surface area (Å²) in [6.07, 6.45) is 1.64. The molecule has 2 rings (SSSR count). The van der Waals surface area contributed by atoms with Crippen LogP contribution < -0.4 is 0 Å². The van der Waals surface area contributed by atoms with Gasteiger partial charge < -0.3 is 9.47 Å². The highest BCUT2D eigenvalue weighted by Crippen LogP contribution is 2.13. The molecule has 0 saturated heterocycles. The molecule has 0 bridgehead atoms. The number of nitrogens with zero attached hydrogens (tertiary/aromatic N) is 2. The molecule has 0 N–H and O–H groups in total. The highest BCUT2D eigenvalue weighted by atomic mass is 16.7. The van der Waals surface area contributed by atoms with E-state index >= 15 is 0 Å². The predicted octanol–water partition coefficient (Wildman–Crippen LogP) is 2.44. The van der Waals surface area contributed by atoms with E-state index in [1.54, 1.807) is 0 Å². The van der Waals surface area contributed by atoms with Crippen molar-refractivity contribution in [2.75, 3.05) is 13.2 Å². The van der Waals surface area contributed by atoms with Gasteiger partial charge in [0.1, 0.15) is 0 Å². The fourth-order valence-corrected chi connectivity index (χ4v) is 1.84. The Kier molecular flexibility index (Phi) is 4.12. The normalized spacial score (nSPS) is 11.5. The second-order valence-corrected chi connectivity index (χ2v) is 3.73. The van der Waals surface area contributed by atoms with Crippen LogP contribution in [0.3, 0.4) is 0 Å². The molecule has 0 saturated carbocycles. The fraction of sp³-hybridized carbons (Fsp3) is 0.462. The van der Waals surface area contributed by atoms with Gasteiger partial charge in [0.05, 0.1) is 18.3 Å². The summed E-state index contributed by atoms with van der Waals surface area (Å²) in [4.78, 5) is 0. The monoisotopic (exact) mass is 234 g/mol. The molecule has 1 heterocycles. The van der Waals surface area contributed by atoms with E-state index in [1.165, 1.54) is 0 Å². The molecule has 0 radical (unpaired) electrons. The first-order valence-electron chi connectivity index (χ1n) is 5.99. The van der Waals surface area contributed by atoms with Crippen LogP contribution in [0.25, 0.3) is 10.9 Å². The number of rotatable bonds is 6. The number of aromatic nitrogens is 2. The van der Waals surface area contributed by atoms with Crippen molar-refractivity contribution < 1.29 is 9.47 Å². The Labute approximate surface area is 101 Å². The summed E-state index contributed by atoms with van der Waals surface area (Å²) in [5.41, 5.74) is 1.11. The SMILES string of the molecule is CCOC(Cn1ncc2ccccc21)OCC. The van der Waals surface area contributed by atoms with E-state index in [1.807, 2.05) is 36.9 Å². The van der Waals surface area contributed by atoms with E-state index in [2.05, 4.69) is 17.2 Å². The van der Waals surface area contributed by atoms with E-state index in [-0.39, 0.29) is 6.29 Å². The molecule has 0 aliphatic heterocycles. The third kappa shape index (κ3) is 2.84. The van der Waals surface area contributed by atoms with Crippen molar-refractivity contribution in [3.8, 4) is 0 Å². The summed E-state index contributed by atoms with van der Waals surface area (Å²) in [7, 11) is 0. The van der Waals surface area contributed by atoms with Crippen molar-refractivity contribution in [1.29, 1.82) is 0 Å². The van der Waals surface area contributed by atoms with E-state index in [4.69, 9.17) is 9.47 Å². The van der Waals surface area contributed by atoms with Crippen molar-refractivity contribution in [2.45, 2.75) is 26.7 Å². The number of para-hydroxylation sites is 1. The average molecular weight is 234 g/mol. The van der Waals surface area contributed by atoms with Gasteiger partial charge in [-0.25, -0.2) is 0 Å². The standard InChI is InChI=1S/C13H18N2O2/c1-3-16-13(17-4-2)10-15-12-8-6-5-7-11(12)9-14-15/h5-9,13H,3-4,10H2,1-2H3. The Hall–Kier alpha value is -1.39. The molecule has 4 nitrogen and oxygen atoms in total. The zero-order valence-electron chi connectivity index (χ0n) is 10.3. The van der Waals surface area contributed by atoms with Crippen molar-refractivity contribution in [1.82, 2.24) is 9.78 Å². The van der Waals surface area contributed by atoms with Crippen LogP contribution in [0.15, 0.2) is 30.5 Å². The Morgan fingerprint density at radius 1 is 1.18 bits per heavy atom. The minimum Gasteiger partial charge on any atom is -0.351 e. The van der Waals surface area contributed by atoms with Crippen LogP contribution in [0.5, 0.6) is 0 Å². The molecule has 92 valence electrons. The lowest BCUT2D eigenvalue weighted by Gasteiger charge is -2.17. The third-order valence-corrected chi connectivity index (χ3v) is 2.58. The molecule has 1 aromatic heterocycles. The Balaban J connectivity index is 2.15. The molecule has 17 heavy (non-hydrogen) atoms. The summed E-state index contributed by atoms with van der Waals surface area (Å²) in [5.74, 6) is 0. The Morgan fingerprint density at radius 2 is 1.88 bits per heavy atom. The number of hydrogen-bond acceptors (Lipinski definition) is 3. The lowest BCUT2D eigenvalue weighted by Crippen LogP contribution is -2.24. The Bertz CT molecular complexity index is 461. The highest BCUT2D eigenvalue weighted by Gasteiger charge is 2.11. The molecule has 0 atom stereocenters. The minimum absolute atomic E-state index is 0.228. The maximum absolute atomic E-state index is 5.52. The first-order chi connectivity index (χ1) is 8.35. The number of fused-ring (bicyclic) bond motifs is 1. The van der Waals surface area contributed by atoms with Crippen LogP contribution in [0.2, 0.25) is 0 Å². The fourth-order valence-electron chi connectivity index (χ4n) is 1.84. The molecule has 0 spiro atoms. The van der Waals surface area contributed by atoms with Crippen LogP contribution in [0.4, 0.5) is 0 Å². The summed E-state index contributed by atoms with van der Waals surface area (Å²) in [6.45, 7) is 5.84. The molecular weight excluding hydrogens is 216 g/mol. The average Bonchev–Trinajstić information content (AvgIpc) is 2.74. The van der Waals surface area contributed by atoms with Crippen molar-refractivity contribution in [2.24, 2.45) is 0 Å². The minimum atomic E-state index is -0.228. The van der Waals surface area contributed by atoms with Crippen LogP contribution in [-0.2, 0) is 16.0 Å². The van der Waals surface area contributed by atoms with E-state index in [9.17, 15) is 0 Å². The second-order valence-electron chi connectivity index (χ2n) is 3.73. The molecule has 0 fully saturated rings. The van der Waals surface area contributed by atoms with Crippen molar-refractivity contribution in [3.05, 3.63) is 30.5 Å². The molecule has 0 aliphatic rings. The van der Waals surface area contributed by atoms with Gasteiger partial charge in [0.15, 0.2) is 6.29 Å². The topological polar surface area (TPSA) is 36.3 Å². The third-order valence-electron chi connectivity index (χ3n) is 2.58. The molecule has 2 aromatic rings. The summed E-state index contributed by atoms with van der Waals surface area (Å²) >= 11 is 0. The van der Waals surface area contributed by atoms with Gasteiger partial charge in [-0.3, -0.25) is 4.68 Å². The van der Waals surface area contributed by atoms with Gasteiger partial charge in [0.25, 0.3) is 0 Å². The zero-order valence-corrected chi connectivity index (χ0v) is 10.3.